The van der Waals surface area contributed by atoms with Crippen molar-refractivity contribution in [2.75, 3.05) is 0 Å². The first-order valence-corrected chi connectivity index (χ1v) is 7.32. The van der Waals surface area contributed by atoms with Gasteiger partial charge in [-0.05, 0) is 40.5 Å². The van der Waals surface area contributed by atoms with Gasteiger partial charge in [0.25, 0.3) is 0 Å². The summed E-state index contributed by atoms with van der Waals surface area (Å²) in [6, 6.07) is 17.8. The van der Waals surface area contributed by atoms with Gasteiger partial charge in [0.1, 0.15) is 0 Å². The lowest BCUT2D eigenvalue weighted by Crippen LogP contribution is -1.96. The maximum atomic E-state index is 2.34. The molecule has 2 aromatic carbocycles. The van der Waals surface area contributed by atoms with Gasteiger partial charge in [-0.1, -0.05) is 76.2 Å². The van der Waals surface area contributed by atoms with Gasteiger partial charge in [0.15, 0.2) is 0 Å². The molecule has 0 amide bonds. The van der Waals surface area contributed by atoms with E-state index in [2.05, 4.69) is 76.2 Å². The molecule has 0 radical (unpaired) electrons. The highest BCUT2D eigenvalue weighted by atomic mass is 14.1. The summed E-state index contributed by atoms with van der Waals surface area (Å²) < 4.78 is 0. The first-order chi connectivity index (χ1) is 9.13. The Labute approximate surface area is 117 Å². The maximum Gasteiger partial charge on any atom is -0.0149 e. The summed E-state index contributed by atoms with van der Waals surface area (Å²) in [5.41, 5.74) is 5.61. The molecule has 0 bridgehead atoms. The molecule has 2 rings (SSSR count). The first kappa shape index (κ1) is 13.9. The monoisotopic (exact) mass is 252 g/mol. The number of rotatable bonds is 4. The zero-order valence-electron chi connectivity index (χ0n) is 12.5. The van der Waals surface area contributed by atoms with Crippen LogP contribution in [0, 0.1) is 0 Å². The average molecular weight is 252 g/mol. The fourth-order valence-corrected chi connectivity index (χ4v) is 2.47. The van der Waals surface area contributed by atoms with E-state index in [-0.39, 0.29) is 0 Å². The van der Waals surface area contributed by atoms with Crippen molar-refractivity contribution in [3.8, 4) is 11.1 Å². The Morgan fingerprint density at radius 2 is 1.63 bits per heavy atom. The van der Waals surface area contributed by atoms with Crippen LogP contribution < -0.4 is 0 Å². The molecule has 0 aliphatic heterocycles. The van der Waals surface area contributed by atoms with Crippen LogP contribution in [0.5, 0.6) is 0 Å². The van der Waals surface area contributed by atoms with E-state index >= 15 is 0 Å². The largest absolute Gasteiger partial charge is 0.0648 e. The van der Waals surface area contributed by atoms with Crippen LogP contribution in [0.15, 0.2) is 48.5 Å². The van der Waals surface area contributed by atoms with Crippen LogP contribution >= 0.6 is 0 Å². The summed E-state index contributed by atoms with van der Waals surface area (Å²) in [4.78, 5) is 0. The molecule has 0 N–H and O–H groups in total. The van der Waals surface area contributed by atoms with E-state index in [1.807, 2.05) is 0 Å². The van der Waals surface area contributed by atoms with Crippen LogP contribution in [0.4, 0.5) is 0 Å². The van der Waals surface area contributed by atoms with Crippen LogP contribution in [-0.2, 0) is 0 Å². The Hall–Kier alpha value is -1.56. The lowest BCUT2D eigenvalue weighted by Gasteiger charge is -2.16. The fourth-order valence-electron chi connectivity index (χ4n) is 2.47. The van der Waals surface area contributed by atoms with Gasteiger partial charge in [-0.2, -0.15) is 0 Å². The SMILES string of the molecule is CCC(C)c1ccccc1-c1cccc(C(C)C)c1. The third kappa shape index (κ3) is 3.07. The summed E-state index contributed by atoms with van der Waals surface area (Å²) >= 11 is 0. The minimum absolute atomic E-state index is 0.579. The van der Waals surface area contributed by atoms with Crippen molar-refractivity contribution in [3.05, 3.63) is 59.7 Å². The topological polar surface area (TPSA) is 0 Å². The third-order valence-corrected chi connectivity index (χ3v) is 3.97. The quantitative estimate of drug-likeness (QED) is 0.627. The molecular formula is C19H24. The molecule has 0 aromatic heterocycles. The van der Waals surface area contributed by atoms with Crippen LogP contribution in [0.2, 0.25) is 0 Å². The van der Waals surface area contributed by atoms with Crippen molar-refractivity contribution in [1.29, 1.82) is 0 Å². The van der Waals surface area contributed by atoms with Crippen molar-refractivity contribution < 1.29 is 0 Å². The lowest BCUT2D eigenvalue weighted by molar-refractivity contribution is 0.735. The molecule has 0 aliphatic rings. The molecule has 100 valence electrons. The van der Waals surface area contributed by atoms with Gasteiger partial charge in [0.05, 0.1) is 0 Å². The van der Waals surface area contributed by atoms with Gasteiger partial charge in [0.2, 0.25) is 0 Å². The normalized spacial score (nSPS) is 12.7. The molecular weight excluding hydrogens is 228 g/mol. The van der Waals surface area contributed by atoms with Crippen LogP contribution in [0.1, 0.15) is 57.1 Å². The molecule has 0 aliphatic carbocycles. The van der Waals surface area contributed by atoms with Crippen LogP contribution in [0.3, 0.4) is 0 Å². The van der Waals surface area contributed by atoms with E-state index in [9.17, 15) is 0 Å². The zero-order valence-corrected chi connectivity index (χ0v) is 12.5. The second-order valence-electron chi connectivity index (χ2n) is 5.68. The van der Waals surface area contributed by atoms with Crippen molar-refractivity contribution in [1.82, 2.24) is 0 Å². The summed E-state index contributed by atoms with van der Waals surface area (Å²) in [6.45, 7) is 9.07. The van der Waals surface area contributed by atoms with Gasteiger partial charge < -0.3 is 0 Å². The first-order valence-electron chi connectivity index (χ1n) is 7.32. The smallest absolute Gasteiger partial charge is 0.0149 e. The summed E-state index contributed by atoms with van der Waals surface area (Å²) in [5.74, 6) is 1.19. The van der Waals surface area contributed by atoms with E-state index in [0.717, 1.165) is 0 Å². The predicted octanol–water partition coefficient (Wildman–Crippen LogP) is 5.99. The highest BCUT2D eigenvalue weighted by molar-refractivity contribution is 5.68. The Morgan fingerprint density at radius 1 is 0.895 bits per heavy atom. The molecule has 0 spiro atoms. The highest BCUT2D eigenvalue weighted by Crippen LogP contribution is 2.32. The Morgan fingerprint density at radius 3 is 2.32 bits per heavy atom. The second-order valence-corrected chi connectivity index (χ2v) is 5.68. The molecule has 2 aromatic rings. The molecule has 1 unspecified atom stereocenters. The highest BCUT2D eigenvalue weighted by Gasteiger charge is 2.10. The van der Waals surface area contributed by atoms with Crippen molar-refractivity contribution in [2.45, 2.75) is 46.0 Å². The molecule has 19 heavy (non-hydrogen) atoms. The van der Waals surface area contributed by atoms with Crippen LogP contribution in [-0.4, -0.2) is 0 Å². The van der Waals surface area contributed by atoms with Gasteiger partial charge in [-0.25, -0.2) is 0 Å². The van der Waals surface area contributed by atoms with E-state index in [1.165, 1.54) is 28.7 Å². The fraction of sp³-hybridized carbons (Fsp3) is 0.368. The van der Waals surface area contributed by atoms with Crippen LogP contribution in [0.25, 0.3) is 11.1 Å². The van der Waals surface area contributed by atoms with Crippen molar-refractivity contribution in [2.24, 2.45) is 0 Å². The summed E-state index contributed by atoms with van der Waals surface area (Å²) in [5, 5.41) is 0. The van der Waals surface area contributed by atoms with Crippen molar-refractivity contribution in [3.63, 3.8) is 0 Å². The second kappa shape index (κ2) is 6.06. The minimum Gasteiger partial charge on any atom is -0.0648 e. The predicted molar refractivity (Wildman–Crippen MR) is 84.7 cm³/mol. The van der Waals surface area contributed by atoms with Gasteiger partial charge in [0, 0.05) is 0 Å². The number of benzene rings is 2. The summed E-state index contributed by atoms with van der Waals surface area (Å²) in [7, 11) is 0. The molecule has 0 fully saturated rings. The standard InChI is InChI=1S/C19H24/c1-5-15(4)18-11-6-7-12-19(18)17-10-8-9-16(13-17)14(2)3/h6-15H,5H2,1-4H3. The van der Waals surface area contributed by atoms with E-state index < -0.39 is 0 Å². The molecule has 0 saturated heterocycles. The zero-order chi connectivity index (χ0) is 13.8. The lowest BCUT2D eigenvalue weighted by atomic mass is 9.89. The minimum atomic E-state index is 0.579. The van der Waals surface area contributed by atoms with E-state index in [1.54, 1.807) is 0 Å². The van der Waals surface area contributed by atoms with Gasteiger partial charge in [-0.3, -0.25) is 0 Å². The Kier molecular flexibility index (Phi) is 4.42. The third-order valence-electron chi connectivity index (χ3n) is 3.97. The molecule has 0 saturated carbocycles. The molecule has 0 nitrogen and oxygen atoms in total. The number of hydrogen-bond acceptors (Lipinski definition) is 0. The Bertz CT molecular complexity index is 537. The Balaban J connectivity index is 2.50. The molecule has 0 heterocycles. The van der Waals surface area contributed by atoms with Crippen molar-refractivity contribution >= 4 is 0 Å². The summed E-state index contributed by atoms with van der Waals surface area (Å²) in [6.07, 6.45) is 1.18. The average Bonchev–Trinajstić information content (AvgIpc) is 2.46. The maximum absolute atomic E-state index is 2.34. The van der Waals surface area contributed by atoms with Gasteiger partial charge in [-0.15, -0.1) is 0 Å². The van der Waals surface area contributed by atoms with E-state index in [4.69, 9.17) is 0 Å². The van der Waals surface area contributed by atoms with Gasteiger partial charge >= 0.3 is 0 Å². The molecule has 0 heteroatoms. The van der Waals surface area contributed by atoms with E-state index in [0.29, 0.717) is 11.8 Å². The number of hydrogen-bond donors (Lipinski definition) is 0. The molecule has 1 atom stereocenters.